The lowest BCUT2D eigenvalue weighted by atomic mass is 9.98. The SMILES string of the molecule is COC(=O)[C@H](CNC(=O)Cn1nc(C)cc1C)Cc1ccc(C)cc1. The third-order valence-corrected chi connectivity index (χ3v) is 4.08. The first-order chi connectivity index (χ1) is 11.9. The van der Waals surface area contributed by atoms with Gasteiger partial charge in [0, 0.05) is 12.2 Å². The molecule has 6 nitrogen and oxygen atoms in total. The fourth-order valence-corrected chi connectivity index (χ4v) is 2.68. The Kier molecular flexibility index (Phi) is 6.33. The van der Waals surface area contributed by atoms with Crippen LogP contribution in [0.4, 0.5) is 0 Å². The van der Waals surface area contributed by atoms with Gasteiger partial charge in [-0.3, -0.25) is 14.3 Å². The molecule has 1 N–H and O–H groups in total. The van der Waals surface area contributed by atoms with Crippen LogP contribution in [0.5, 0.6) is 0 Å². The van der Waals surface area contributed by atoms with Gasteiger partial charge in [0.15, 0.2) is 0 Å². The number of methoxy groups -OCH3 is 1. The van der Waals surface area contributed by atoms with E-state index in [0.29, 0.717) is 6.42 Å². The van der Waals surface area contributed by atoms with Gasteiger partial charge in [0.1, 0.15) is 6.54 Å². The lowest BCUT2D eigenvalue weighted by Gasteiger charge is -2.16. The van der Waals surface area contributed by atoms with Gasteiger partial charge in [-0.25, -0.2) is 0 Å². The molecule has 0 saturated carbocycles. The largest absolute Gasteiger partial charge is 0.469 e. The predicted molar refractivity (Wildman–Crippen MR) is 95.1 cm³/mol. The van der Waals surface area contributed by atoms with E-state index in [-0.39, 0.29) is 25.0 Å². The summed E-state index contributed by atoms with van der Waals surface area (Å²) in [7, 11) is 1.36. The van der Waals surface area contributed by atoms with E-state index in [0.717, 1.165) is 22.5 Å². The molecule has 0 aliphatic carbocycles. The quantitative estimate of drug-likeness (QED) is 0.780. The van der Waals surface area contributed by atoms with Crippen molar-refractivity contribution in [3.05, 3.63) is 52.8 Å². The Morgan fingerprint density at radius 2 is 1.88 bits per heavy atom. The Labute approximate surface area is 148 Å². The van der Waals surface area contributed by atoms with Crippen LogP contribution < -0.4 is 5.32 Å². The van der Waals surface area contributed by atoms with Gasteiger partial charge in [-0.1, -0.05) is 29.8 Å². The normalized spacial score (nSPS) is 11.8. The van der Waals surface area contributed by atoms with Crippen molar-refractivity contribution in [1.29, 1.82) is 0 Å². The van der Waals surface area contributed by atoms with Crippen molar-refractivity contribution in [2.24, 2.45) is 5.92 Å². The summed E-state index contributed by atoms with van der Waals surface area (Å²) in [5, 5.41) is 7.08. The maximum Gasteiger partial charge on any atom is 0.310 e. The zero-order valence-electron chi connectivity index (χ0n) is 15.2. The van der Waals surface area contributed by atoms with Crippen molar-refractivity contribution >= 4 is 11.9 Å². The summed E-state index contributed by atoms with van der Waals surface area (Å²) in [6.07, 6.45) is 0.521. The van der Waals surface area contributed by atoms with Crippen LogP contribution in [0.15, 0.2) is 30.3 Å². The van der Waals surface area contributed by atoms with Gasteiger partial charge in [0.05, 0.1) is 18.7 Å². The van der Waals surface area contributed by atoms with Crippen LogP contribution in [0, 0.1) is 26.7 Å². The van der Waals surface area contributed by atoms with Crippen molar-refractivity contribution in [2.45, 2.75) is 33.7 Å². The van der Waals surface area contributed by atoms with Crippen molar-refractivity contribution < 1.29 is 14.3 Å². The number of aryl methyl sites for hydroxylation is 3. The Hall–Kier alpha value is -2.63. The molecule has 0 fully saturated rings. The van der Waals surface area contributed by atoms with Crippen LogP contribution in [0.3, 0.4) is 0 Å². The molecule has 0 spiro atoms. The number of amides is 1. The van der Waals surface area contributed by atoms with E-state index in [1.165, 1.54) is 7.11 Å². The molecule has 134 valence electrons. The number of benzene rings is 1. The molecule has 0 unspecified atom stereocenters. The molecule has 1 atom stereocenters. The summed E-state index contributed by atoms with van der Waals surface area (Å²) < 4.78 is 6.52. The van der Waals surface area contributed by atoms with Crippen LogP contribution in [-0.2, 0) is 27.3 Å². The zero-order valence-corrected chi connectivity index (χ0v) is 15.2. The molecule has 1 aromatic heterocycles. The predicted octanol–water partition coefficient (Wildman–Crippen LogP) is 1.96. The minimum Gasteiger partial charge on any atom is -0.469 e. The second kappa shape index (κ2) is 8.46. The first-order valence-corrected chi connectivity index (χ1v) is 8.30. The van der Waals surface area contributed by atoms with Gasteiger partial charge >= 0.3 is 5.97 Å². The molecule has 0 radical (unpaired) electrons. The molecule has 0 bridgehead atoms. The van der Waals surface area contributed by atoms with Crippen molar-refractivity contribution in [3.63, 3.8) is 0 Å². The number of aromatic nitrogens is 2. The van der Waals surface area contributed by atoms with E-state index in [9.17, 15) is 9.59 Å². The average molecular weight is 343 g/mol. The molecule has 2 rings (SSSR count). The van der Waals surface area contributed by atoms with Gasteiger partial charge in [-0.2, -0.15) is 5.10 Å². The van der Waals surface area contributed by atoms with E-state index in [1.807, 2.05) is 51.1 Å². The first kappa shape index (κ1) is 18.7. The maximum absolute atomic E-state index is 12.2. The van der Waals surface area contributed by atoms with Gasteiger partial charge in [-0.05, 0) is 38.8 Å². The molecular formula is C19H25N3O3. The first-order valence-electron chi connectivity index (χ1n) is 8.30. The Balaban J connectivity index is 1.95. The van der Waals surface area contributed by atoms with E-state index >= 15 is 0 Å². The van der Waals surface area contributed by atoms with E-state index in [1.54, 1.807) is 4.68 Å². The lowest BCUT2D eigenvalue weighted by Crippen LogP contribution is -2.36. The summed E-state index contributed by atoms with van der Waals surface area (Å²) in [5.41, 5.74) is 4.00. The summed E-state index contributed by atoms with van der Waals surface area (Å²) in [5.74, 6) is -0.923. The number of nitrogens with zero attached hydrogens (tertiary/aromatic N) is 2. The van der Waals surface area contributed by atoms with Gasteiger partial charge in [0.25, 0.3) is 0 Å². The summed E-state index contributed by atoms with van der Waals surface area (Å²) in [6.45, 7) is 6.18. The topological polar surface area (TPSA) is 73.2 Å². The molecule has 0 aliphatic rings. The molecule has 0 aliphatic heterocycles. The average Bonchev–Trinajstić information content (AvgIpc) is 2.89. The highest BCUT2D eigenvalue weighted by molar-refractivity contribution is 5.77. The Bertz CT molecular complexity index is 735. The molecule has 1 heterocycles. The highest BCUT2D eigenvalue weighted by atomic mass is 16.5. The van der Waals surface area contributed by atoms with Gasteiger partial charge < -0.3 is 10.1 Å². The number of ether oxygens (including phenoxy) is 1. The standard InChI is InChI=1S/C19H25N3O3/c1-13-5-7-16(8-6-13)10-17(19(24)25-4)11-20-18(23)12-22-15(3)9-14(2)21-22/h5-9,17H,10-12H2,1-4H3,(H,20,23)/t17-/m0/s1. The third-order valence-electron chi connectivity index (χ3n) is 4.08. The van der Waals surface area contributed by atoms with E-state index < -0.39 is 5.92 Å². The second-order valence-electron chi connectivity index (χ2n) is 6.30. The summed E-state index contributed by atoms with van der Waals surface area (Å²) in [6, 6.07) is 9.91. The number of hydrogen-bond acceptors (Lipinski definition) is 4. The second-order valence-corrected chi connectivity index (χ2v) is 6.30. The minimum absolute atomic E-state index is 0.137. The molecule has 25 heavy (non-hydrogen) atoms. The number of nitrogens with one attached hydrogen (secondary N) is 1. The number of esters is 1. The fraction of sp³-hybridized carbons (Fsp3) is 0.421. The molecule has 6 heteroatoms. The smallest absolute Gasteiger partial charge is 0.310 e. The zero-order chi connectivity index (χ0) is 18.4. The maximum atomic E-state index is 12.2. The Morgan fingerprint density at radius 3 is 2.44 bits per heavy atom. The van der Waals surface area contributed by atoms with Crippen LogP contribution in [0.1, 0.15) is 22.5 Å². The minimum atomic E-state index is -0.419. The van der Waals surface area contributed by atoms with Gasteiger partial charge in [-0.15, -0.1) is 0 Å². The molecular weight excluding hydrogens is 318 g/mol. The van der Waals surface area contributed by atoms with Crippen LogP contribution >= 0.6 is 0 Å². The molecule has 2 aromatic rings. The van der Waals surface area contributed by atoms with Crippen LogP contribution in [-0.4, -0.2) is 35.3 Å². The number of hydrogen-bond donors (Lipinski definition) is 1. The van der Waals surface area contributed by atoms with Crippen LogP contribution in [0.25, 0.3) is 0 Å². The number of carbonyl (C=O) groups excluding carboxylic acids is 2. The Morgan fingerprint density at radius 1 is 1.20 bits per heavy atom. The highest BCUT2D eigenvalue weighted by Gasteiger charge is 2.21. The number of carbonyl (C=O) groups is 2. The van der Waals surface area contributed by atoms with Crippen molar-refractivity contribution in [2.75, 3.05) is 13.7 Å². The molecule has 0 saturated heterocycles. The summed E-state index contributed by atoms with van der Waals surface area (Å²) in [4.78, 5) is 24.2. The fourth-order valence-electron chi connectivity index (χ4n) is 2.68. The van der Waals surface area contributed by atoms with Gasteiger partial charge in [0.2, 0.25) is 5.91 Å². The monoisotopic (exact) mass is 343 g/mol. The number of rotatable bonds is 7. The van der Waals surface area contributed by atoms with Crippen LogP contribution in [0.2, 0.25) is 0 Å². The van der Waals surface area contributed by atoms with Crippen molar-refractivity contribution in [1.82, 2.24) is 15.1 Å². The molecule has 1 amide bonds. The third kappa shape index (κ3) is 5.45. The highest BCUT2D eigenvalue weighted by Crippen LogP contribution is 2.11. The molecule has 1 aromatic carbocycles. The summed E-state index contributed by atoms with van der Waals surface area (Å²) >= 11 is 0. The van der Waals surface area contributed by atoms with E-state index in [4.69, 9.17) is 4.74 Å². The van der Waals surface area contributed by atoms with E-state index in [2.05, 4.69) is 10.4 Å². The lowest BCUT2D eigenvalue weighted by molar-refractivity contribution is -0.145. The van der Waals surface area contributed by atoms with Crippen molar-refractivity contribution in [3.8, 4) is 0 Å².